The summed E-state index contributed by atoms with van der Waals surface area (Å²) in [6.45, 7) is 2.61. The Hall–Kier alpha value is -2.17. The number of carbonyl (C=O) groups is 2. The van der Waals surface area contributed by atoms with Gasteiger partial charge in [0.1, 0.15) is 5.71 Å². The van der Waals surface area contributed by atoms with Crippen molar-refractivity contribution in [2.75, 3.05) is 6.54 Å². The molecule has 1 aromatic rings. The molecule has 0 spiro atoms. The van der Waals surface area contributed by atoms with E-state index in [1.807, 2.05) is 30.3 Å². The number of hydrogen-bond acceptors (Lipinski definition) is 3. The Morgan fingerprint density at radius 2 is 2.11 bits per heavy atom. The first-order chi connectivity index (χ1) is 9.16. The van der Waals surface area contributed by atoms with Crippen LogP contribution in [0.1, 0.15) is 31.2 Å². The predicted octanol–water partition coefficient (Wildman–Crippen LogP) is 1.17. The van der Waals surface area contributed by atoms with Gasteiger partial charge in [-0.1, -0.05) is 37.3 Å². The Kier molecular flexibility index (Phi) is 4.28. The summed E-state index contributed by atoms with van der Waals surface area (Å²) in [7, 11) is 0. The average molecular weight is 259 g/mol. The smallest absolute Gasteiger partial charge is 0.267 e. The number of benzene rings is 1. The molecule has 5 nitrogen and oxygen atoms in total. The van der Waals surface area contributed by atoms with Crippen molar-refractivity contribution < 1.29 is 9.59 Å². The van der Waals surface area contributed by atoms with Crippen LogP contribution in [0, 0.1) is 0 Å². The third kappa shape index (κ3) is 3.64. The van der Waals surface area contributed by atoms with Crippen LogP contribution < -0.4 is 10.7 Å². The van der Waals surface area contributed by atoms with Crippen molar-refractivity contribution in [1.29, 1.82) is 0 Å². The zero-order valence-corrected chi connectivity index (χ0v) is 10.8. The fourth-order valence-corrected chi connectivity index (χ4v) is 1.89. The summed E-state index contributed by atoms with van der Waals surface area (Å²) in [5.41, 5.74) is 3.89. The zero-order chi connectivity index (χ0) is 13.7. The Balaban J connectivity index is 1.85. The van der Waals surface area contributed by atoms with Crippen LogP contribution >= 0.6 is 0 Å². The van der Waals surface area contributed by atoms with E-state index in [4.69, 9.17) is 0 Å². The van der Waals surface area contributed by atoms with Gasteiger partial charge in [-0.3, -0.25) is 9.59 Å². The van der Waals surface area contributed by atoms with E-state index in [9.17, 15) is 9.59 Å². The molecule has 1 atom stereocenters. The molecular weight excluding hydrogens is 242 g/mol. The molecule has 1 aliphatic heterocycles. The first-order valence-corrected chi connectivity index (χ1v) is 6.35. The van der Waals surface area contributed by atoms with Crippen molar-refractivity contribution in [3.8, 4) is 0 Å². The van der Waals surface area contributed by atoms with Gasteiger partial charge in [0.15, 0.2) is 0 Å². The fourth-order valence-electron chi connectivity index (χ4n) is 1.89. The molecule has 0 fully saturated rings. The second-order valence-corrected chi connectivity index (χ2v) is 4.62. The monoisotopic (exact) mass is 259 g/mol. The second kappa shape index (κ2) is 6.13. The lowest BCUT2D eigenvalue weighted by Gasteiger charge is -2.15. The van der Waals surface area contributed by atoms with Crippen LogP contribution in [-0.2, 0) is 9.59 Å². The third-order valence-corrected chi connectivity index (χ3v) is 3.10. The lowest BCUT2D eigenvalue weighted by Crippen LogP contribution is -2.38. The maximum atomic E-state index is 11.8. The molecule has 1 aromatic carbocycles. The van der Waals surface area contributed by atoms with Gasteiger partial charge in [-0.25, -0.2) is 5.43 Å². The molecule has 0 radical (unpaired) electrons. The van der Waals surface area contributed by atoms with Gasteiger partial charge in [0.2, 0.25) is 5.91 Å². The molecule has 0 bridgehead atoms. The second-order valence-electron chi connectivity index (χ2n) is 4.62. The van der Waals surface area contributed by atoms with Crippen molar-refractivity contribution >= 4 is 17.5 Å². The average Bonchev–Trinajstić information content (AvgIpc) is 2.46. The number of hydrazone groups is 1. The topological polar surface area (TPSA) is 70.6 Å². The highest BCUT2D eigenvalue weighted by Crippen LogP contribution is 2.13. The summed E-state index contributed by atoms with van der Waals surface area (Å²) in [6.07, 6.45) is 0.720. The van der Waals surface area contributed by atoms with Crippen molar-refractivity contribution in [3.05, 3.63) is 35.9 Å². The SMILES string of the molecule is CC(CNC(=O)C1=NNC(=O)CC1)c1ccccc1. The number of hydrogen-bond donors (Lipinski definition) is 2. The highest BCUT2D eigenvalue weighted by molar-refractivity contribution is 6.39. The molecule has 0 saturated heterocycles. The van der Waals surface area contributed by atoms with Gasteiger partial charge >= 0.3 is 0 Å². The first-order valence-electron chi connectivity index (χ1n) is 6.35. The minimum Gasteiger partial charge on any atom is -0.350 e. The van der Waals surface area contributed by atoms with Crippen molar-refractivity contribution in [1.82, 2.24) is 10.7 Å². The summed E-state index contributed by atoms with van der Waals surface area (Å²) in [4.78, 5) is 22.8. The van der Waals surface area contributed by atoms with E-state index < -0.39 is 0 Å². The fraction of sp³-hybridized carbons (Fsp3) is 0.357. The van der Waals surface area contributed by atoms with E-state index in [-0.39, 0.29) is 17.7 Å². The molecule has 1 unspecified atom stereocenters. The zero-order valence-electron chi connectivity index (χ0n) is 10.8. The Bertz CT molecular complexity index is 497. The van der Waals surface area contributed by atoms with Gasteiger partial charge in [-0.05, 0) is 11.5 Å². The maximum Gasteiger partial charge on any atom is 0.267 e. The van der Waals surface area contributed by atoms with E-state index in [0.717, 1.165) is 0 Å². The van der Waals surface area contributed by atoms with E-state index >= 15 is 0 Å². The molecule has 5 heteroatoms. The van der Waals surface area contributed by atoms with Crippen LogP contribution in [-0.4, -0.2) is 24.1 Å². The quantitative estimate of drug-likeness (QED) is 0.852. The summed E-state index contributed by atoms with van der Waals surface area (Å²) in [5, 5.41) is 6.61. The molecule has 2 rings (SSSR count). The summed E-state index contributed by atoms with van der Waals surface area (Å²) in [5.74, 6) is -0.110. The Morgan fingerprint density at radius 3 is 2.74 bits per heavy atom. The maximum absolute atomic E-state index is 11.8. The standard InChI is InChI=1S/C14H17N3O2/c1-10(11-5-3-2-4-6-11)9-15-14(19)12-7-8-13(18)17-16-12/h2-6,10H,7-9H2,1H3,(H,15,19)(H,17,18). The molecular formula is C14H17N3O2. The molecule has 0 aromatic heterocycles. The summed E-state index contributed by atoms with van der Waals surface area (Å²) < 4.78 is 0. The van der Waals surface area contributed by atoms with Crippen LogP contribution in [0.15, 0.2) is 35.4 Å². The number of amides is 2. The molecule has 1 heterocycles. The van der Waals surface area contributed by atoms with Gasteiger partial charge in [0, 0.05) is 19.4 Å². The largest absolute Gasteiger partial charge is 0.350 e. The van der Waals surface area contributed by atoms with Crippen molar-refractivity contribution in [2.24, 2.45) is 5.10 Å². The van der Waals surface area contributed by atoms with Crippen LogP contribution in [0.2, 0.25) is 0 Å². The molecule has 19 heavy (non-hydrogen) atoms. The van der Waals surface area contributed by atoms with Crippen LogP contribution in [0.5, 0.6) is 0 Å². The molecule has 1 aliphatic rings. The number of rotatable bonds is 4. The minimum atomic E-state index is -0.206. The number of nitrogens with zero attached hydrogens (tertiary/aromatic N) is 1. The summed E-state index contributed by atoms with van der Waals surface area (Å²) in [6, 6.07) is 10.0. The molecule has 0 aliphatic carbocycles. The van der Waals surface area contributed by atoms with Crippen LogP contribution in [0.4, 0.5) is 0 Å². The first kappa shape index (κ1) is 13.3. The van der Waals surface area contributed by atoms with Crippen molar-refractivity contribution in [3.63, 3.8) is 0 Å². The van der Waals surface area contributed by atoms with Gasteiger partial charge in [0.25, 0.3) is 5.91 Å². The van der Waals surface area contributed by atoms with Gasteiger partial charge in [-0.15, -0.1) is 0 Å². The highest BCUT2D eigenvalue weighted by Gasteiger charge is 2.18. The lowest BCUT2D eigenvalue weighted by molar-refractivity contribution is -0.121. The van der Waals surface area contributed by atoms with Crippen LogP contribution in [0.3, 0.4) is 0 Å². The summed E-state index contributed by atoms with van der Waals surface area (Å²) >= 11 is 0. The van der Waals surface area contributed by atoms with E-state index in [0.29, 0.717) is 25.1 Å². The predicted molar refractivity (Wildman–Crippen MR) is 72.7 cm³/mol. The normalized spacial score (nSPS) is 16.3. The van der Waals surface area contributed by atoms with Gasteiger partial charge < -0.3 is 5.32 Å². The molecule has 100 valence electrons. The molecule has 2 amide bonds. The van der Waals surface area contributed by atoms with Gasteiger partial charge in [0.05, 0.1) is 0 Å². The third-order valence-electron chi connectivity index (χ3n) is 3.10. The van der Waals surface area contributed by atoms with Crippen LogP contribution in [0.25, 0.3) is 0 Å². The van der Waals surface area contributed by atoms with Gasteiger partial charge in [-0.2, -0.15) is 5.10 Å². The molecule has 2 N–H and O–H groups in total. The Labute approximate surface area is 112 Å². The lowest BCUT2D eigenvalue weighted by atomic mass is 10.0. The van der Waals surface area contributed by atoms with E-state index in [1.165, 1.54) is 5.56 Å². The molecule has 0 saturated carbocycles. The number of nitrogens with one attached hydrogen (secondary N) is 2. The van der Waals surface area contributed by atoms with E-state index in [2.05, 4.69) is 22.8 Å². The van der Waals surface area contributed by atoms with Crippen molar-refractivity contribution in [2.45, 2.75) is 25.7 Å². The number of carbonyl (C=O) groups excluding carboxylic acids is 2. The Morgan fingerprint density at radius 1 is 1.37 bits per heavy atom. The minimum absolute atomic E-state index is 0.144. The van der Waals surface area contributed by atoms with E-state index in [1.54, 1.807) is 0 Å². The highest BCUT2D eigenvalue weighted by atomic mass is 16.2.